The van der Waals surface area contributed by atoms with E-state index in [9.17, 15) is 9.18 Å². The third-order valence-corrected chi connectivity index (χ3v) is 3.44. The Kier molecular flexibility index (Phi) is 3.79. The van der Waals surface area contributed by atoms with E-state index in [1.807, 2.05) is 7.05 Å². The largest absolute Gasteiger partial charge is 0.323 e. The number of anilines is 1. The first kappa shape index (κ1) is 12.5. The van der Waals surface area contributed by atoms with Crippen LogP contribution in [-0.4, -0.2) is 30.9 Å². The molecule has 1 aliphatic rings. The fraction of sp³-hybridized carbons (Fsp3) is 0.417. The highest BCUT2D eigenvalue weighted by Gasteiger charge is 2.26. The summed E-state index contributed by atoms with van der Waals surface area (Å²) in [6, 6.07) is 4.51. The molecular weight excluding hydrogens is 287 g/mol. The van der Waals surface area contributed by atoms with Gasteiger partial charge in [-0.05, 0) is 38.2 Å². The molecule has 1 aromatic rings. The summed E-state index contributed by atoms with van der Waals surface area (Å²) in [5, 5.41) is 2.64. The number of carbonyl (C=O) groups excluding carboxylic acids is 1. The lowest BCUT2D eigenvalue weighted by molar-refractivity contribution is -0.119. The van der Waals surface area contributed by atoms with Gasteiger partial charge in [-0.1, -0.05) is 15.9 Å². The maximum absolute atomic E-state index is 13.4. The number of rotatable bonds is 2. The van der Waals surface area contributed by atoms with Gasteiger partial charge in [0.25, 0.3) is 0 Å². The van der Waals surface area contributed by atoms with Crippen molar-refractivity contribution in [2.45, 2.75) is 6.42 Å². The molecule has 3 nitrogen and oxygen atoms in total. The molecule has 0 aromatic heterocycles. The molecule has 1 heterocycles. The van der Waals surface area contributed by atoms with Gasteiger partial charge in [0.05, 0.1) is 11.6 Å². The molecule has 5 heteroatoms. The molecule has 92 valence electrons. The van der Waals surface area contributed by atoms with Gasteiger partial charge in [0.15, 0.2) is 0 Å². The second kappa shape index (κ2) is 5.14. The van der Waals surface area contributed by atoms with Gasteiger partial charge in [-0.15, -0.1) is 0 Å². The van der Waals surface area contributed by atoms with Gasteiger partial charge in [-0.3, -0.25) is 4.79 Å². The van der Waals surface area contributed by atoms with Gasteiger partial charge < -0.3 is 10.2 Å². The zero-order valence-corrected chi connectivity index (χ0v) is 11.1. The van der Waals surface area contributed by atoms with Crippen LogP contribution in [0.5, 0.6) is 0 Å². The second-order valence-electron chi connectivity index (χ2n) is 4.36. The summed E-state index contributed by atoms with van der Waals surface area (Å²) < 4.78 is 14.2. The van der Waals surface area contributed by atoms with Crippen molar-refractivity contribution in [1.29, 1.82) is 0 Å². The number of hydrogen-bond acceptors (Lipinski definition) is 2. The van der Waals surface area contributed by atoms with Crippen molar-refractivity contribution in [3.63, 3.8) is 0 Å². The minimum atomic E-state index is -0.409. The minimum Gasteiger partial charge on any atom is -0.323 e. The average molecular weight is 301 g/mol. The zero-order chi connectivity index (χ0) is 12.4. The van der Waals surface area contributed by atoms with Crippen LogP contribution in [0, 0.1) is 11.7 Å². The van der Waals surface area contributed by atoms with Crippen molar-refractivity contribution >= 4 is 27.5 Å². The lowest BCUT2D eigenvalue weighted by Crippen LogP contribution is -2.25. The van der Waals surface area contributed by atoms with E-state index in [0.29, 0.717) is 0 Å². The van der Waals surface area contributed by atoms with Crippen LogP contribution in [0.1, 0.15) is 6.42 Å². The van der Waals surface area contributed by atoms with Crippen LogP contribution in [0.2, 0.25) is 0 Å². The fourth-order valence-corrected chi connectivity index (χ4v) is 2.34. The number of amides is 1. The van der Waals surface area contributed by atoms with Crippen molar-refractivity contribution < 1.29 is 9.18 Å². The zero-order valence-electron chi connectivity index (χ0n) is 9.54. The Morgan fingerprint density at radius 1 is 1.59 bits per heavy atom. The van der Waals surface area contributed by atoms with Crippen LogP contribution in [0.3, 0.4) is 0 Å². The molecule has 1 unspecified atom stereocenters. The highest BCUT2D eigenvalue weighted by atomic mass is 79.9. The third-order valence-electron chi connectivity index (χ3n) is 2.95. The first-order valence-corrected chi connectivity index (χ1v) is 6.30. The first-order valence-electron chi connectivity index (χ1n) is 5.50. The maximum Gasteiger partial charge on any atom is 0.228 e. The van der Waals surface area contributed by atoms with E-state index < -0.39 is 5.82 Å². The molecule has 1 saturated heterocycles. The quantitative estimate of drug-likeness (QED) is 0.910. The van der Waals surface area contributed by atoms with Crippen molar-refractivity contribution in [1.82, 2.24) is 4.90 Å². The van der Waals surface area contributed by atoms with Gasteiger partial charge in [0, 0.05) is 11.0 Å². The van der Waals surface area contributed by atoms with Crippen molar-refractivity contribution in [3.8, 4) is 0 Å². The van der Waals surface area contributed by atoms with Crippen LogP contribution in [0.25, 0.3) is 0 Å². The monoisotopic (exact) mass is 300 g/mol. The molecule has 0 radical (unpaired) electrons. The summed E-state index contributed by atoms with van der Waals surface area (Å²) in [5.74, 6) is -0.558. The van der Waals surface area contributed by atoms with Crippen LogP contribution < -0.4 is 5.32 Å². The molecule has 1 atom stereocenters. The molecule has 0 spiro atoms. The summed E-state index contributed by atoms with van der Waals surface area (Å²) in [6.45, 7) is 1.65. The van der Waals surface area contributed by atoms with Crippen molar-refractivity contribution in [2.24, 2.45) is 5.92 Å². The first-order chi connectivity index (χ1) is 8.06. The van der Waals surface area contributed by atoms with Crippen molar-refractivity contribution in [2.75, 3.05) is 25.5 Å². The maximum atomic E-state index is 13.4. The minimum absolute atomic E-state index is 0.0432. The van der Waals surface area contributed by atoms with Crippen LogP contribution in [0.15, 0.2) is 22.7 Å². The number of carbonyl (C=O) groups is 1. The summed E-state index contributed by atoms with van der Waals surface area (Å²) >= 11 is 3.25. The molecule has 17 heavy (non-hydrogen) atoms. The Morgan fingerprint density at radius 2 is 2.35 bits per heavy atom. The fourth-order valence-electron chi connectivity index (χ4n) is 1.98. The van der Waals surface area contributed by atoms with Crippen molar-refractivity contribution in [3.05, 3.63) is 28.5 Å². The van der Waals surface area contributed by atoms with E-state index >= 15 is 0 Å². The topological polar surface area (TPSA) is 32.3 Å². The standard InChI is InChI=1S/C12H14BrFN2O/c1-16-5-4-8(7-16)12(17)15-11-6-9(13)2-3-10(11)14/h2-3,6,8H,4-5,7H2,1H3,(H,15,17). The van der Waals surface area contributed by atoms with E-state index in [1.54, 1.807) is 12.1 Å². The van der Waals surface area contributed by atoms with E-state index in [1.165, 1.54) is 6.07 Å². The van der Waals surface area contributed by atoms with Gasteiger partial charge >= 0.3 is 0 Å². The molecule has 2 rings (SSSR count). The highest BCUT2D eigenvalue weighted by molar-refractivity contribution is 9.10. The summed E-state index contributed by atoms with van der Waals surface area (Å²) in [5.41, 5.74) is 0.235. The Bertz CT molecular complexity index is 439. The Labute approximate surface area is 108 Å². The van der Waals surface area contributed by atoms with Gasteiger partial charge in [-0.25, -0.2) is 4.39 Å². The summed E-state index contributed by atoms with van der Waals surface area (Å²) in [6.07, 6.45) is 0.831. The highest BCUT2D eigenvalue weighted by Crippen LogP contribution is 2.22. The Balaban J connectivity index is 2.05. The summed E-state index contributed by atoms with van der Waals surface area (Å²) in [4.78, 5) is 14.0. The van der Waals surface area contributed by atoms with E-state index in [2.05, 4.69) is 26.1 Å². The number of benzene rings is 1. The lowest BCUT2D eigenvalue weighted by Gasteiger charge is -2.12. The molecule has 1 amide bonds. The number of likely N-dealkylation sites (tertiary alicyclic amines) is 1. The van der Waals surface area contributed by atoms with Gasteiger partial charge in [0.2, 0.25) is 5.91 Å². The predicted octanol–water partition coefficient (Wildman–Crippen LogP) is 2.48. The van der Waals surface area contributed by atoms with E-state index in [-0.39, 0.29) is 17.5 Å². The number of nitrogens with zero attached hydrogens (tertiary/aromatic N) is 1. The molecule has 0 bridgehead atoms. The molecule has 1 N–H and O–H groups in total. The van der Waals surface area contributed by atoms with Crippen LogP contribution in [-0.2, 0) is 4.79 Å². The molecular formula is C12H14BrFN2O. The Morgan fingerprint density at radius 3 is 3.00 bits per heavy atom. The van der Waals surface area contributed by atoms with Crippen LogP contribution >= 0.6 is 15.9 Å². The molecule has 1 aliphatic heterocycles. The summed E-state index contributed by atoms with van der Waals surface area (Å²) in [7, 11) is 1.98. The number of hydrogen-bond donors (Lipinski definition) is 1. The number of halogens is 2. The third kappa shape index (κ3) is 3.04. The lowest BCUT2D eigenvalue weighted by atomic mass is 10.1. The molecule has 1 aromatic carbocycles. The molecule has 0 aliphatic carbocycles. The Hall–Kier alpha value is -0.940. The smallest absolute Gasteiger partial charge is 0.228 e. The van der Waals surface area contributed by atoms with Gasteiger partial charge in [-0.2, -0.15) is 0 Å². The average Bonchev–Trinajstić information content (AvgIpc) is 2.70. The second-order valence-corrected chi connectivity index (χ2v) is 5.28. The predicted molar refractivity (Wildman–Crippen MR) is 68.3 cm³/mol. The number of nitrogens with one attached hydrogen (secondary N) is 1. The molecule has 1 fully saturated rings. The SMILES string of the molecule is CN1CCC(C(=O)Nc2cc(Br)ccc2F)C1. The van der Waals surface area contributed by atoms with Crippen LogP contribution in [0.4, 0.5) is 10.1 Å². The molecule has 0 saturated carbocycles. The van der Waals surface area contributed by atoms with Gasteiger partial charge in [0.1, 0.15) is 5.82 Å². The van der Waals surface area contributed by atoms with E-state index in [0.717, 1.165) is 24.0 Å². The normalized spacial score (nSPS) is 20.5. The van der Waals surface area contributed by atoms with E-state index in [4.69, 9.17) is 0 Å².